The second kappa shape index (κ2) is 6.48. The lowest BCUT2D eigenvalue weighted by atomic mass is 10.1. The summed E-state index contributed by atoms with van der Waals surface area (Å²) in [4.78, 5) is 23.3. The summed E-state index contributed by atoms with van der Waals surface area (Å²) >= 11 is 0. The van der Waals surface area contributed by atoms with Crippen LogP contribution in [0.1, 0.15) is 27.7 Å². The van der Waals surface area contributed by atoms with Crippen molar-refractivity contribution in [2.24, 2.45) is 0 Å². The number of alkyl halides is 6. The minimum atomic E-state index is -5.56. The molecule has 0 aromatic carbocycles. The number of hydrogen-bond acceptors (Lipinski definition) is 3. The third-order valence-corrected chi connectivity index (χ3v) is 2.47. The highest BCUT2D eigenvalue weighted by Crippen LogP contribution is 2.28. The van der Waals surface area contributed by atoms with Gasteiger partial charge in [0.05, 0.1) is 5.57 Å². The van der Waals surface area contributed by atoms with E-state index in [1.54, 1.807) is 0 Å². The molecule has 0 rings (SSSR count). The van der Waals surface area contributed by atoms with Gasteiger partial charge in [-0.15, -0.1) is 0 Å². The van der Waals surface area contributed by atoms with Crippen molar-refractivity contribution in [3.8, 4) is 0 Å². The summed E-state index contributed by atoms with van der Waals surface area (Å²) in [6.45, 7) is 6.02. The van der Waals surface area contributed by atoms with Crippen LogP contribution in [0, 0.1) is 0 Å². The van der Waals surface area contributed by atoms with Crippen LogP contribution in [0.25, 0.3) is 0 Å². The summed E-state index contributed by atoms with van der Waals surface area (Å²) in [6.07, 6.45) is -10.8. The highest BCUT2D eigenvalue weighted by molar-refractivity contribution is 6.23. The monoisotopic (exact) mass is 319 g/mol. The van der Waals surface area contributed by atoms with E-state index in [1.807, 2.05) is 0 Å². The van der Waals surface area contributed by atoms with Gasteiger partial charge >= 0.3 is 12.4 Å². The fourth-order valence-corrected chi connectivity index (χ4v) is 1.57. The lowest BCUT2D eigenvalue weighted by molar-refractivity contribution is -0.175. The van der Waals surface area contributed by atoms with Gasteiger partial charge in [-0.05, 0) is 27.7 Å². The Morgan fingerprint density at radius 3 is 1.29 bits per heavy atom. The molecule has 122 valence electrons. The van der Waals surface area contributed by atoms with E-state index in [1.165, 1.54) is 27.7 Å². The first-order chi connectivity index (χ1) is 9.19. The molecular weight excluding hydrogens is 304 g/mol. The van der Waals surface area contributed by atoms with Crippen molar-refractivity contribution in [2.75, 3.05) is 0 Å². The smallest absolute Gasteiger partial charge is 0.372 e. The van der Waals surface area contributed by atoms with Gasteiger partial charge in [-0.3, -0.25) is 9.59 Å². The average Bonchev–Trinajstić information content (AvgIpc) is 2.25. The standard InChI is InChI=1S/C12H15F6NO2/c1-6(2)19(7(3)4)5-8(9(20)11(13,14)15)10(21)12(16,17)18/h5-7H,1-4H3. The van der Waals surface area contributed by atoms with Crippen molar-refractivity contribution in [3.05, 3.63) is 11.8 Å². The van der Waals surface area contributed by atoms with Crippen LogP contribution in [0.15, 0.2) is 11.8 Å². The predicted molar refractivity (Wildman–Crippen MR) is 62.3 cm³/mol. The van der Waals surface area contributed by atoms with Crippen LogP contribution in [0.3, 0.4) is 0 Å². The Hall–Kier alpha value is -1.54. The largest absolute Gasteiger partial charge is 0.455 e. The van der Waals surface area contributed by atoms with Crippen LogP contribution in [-0.2, 0) is 9.59 Å². The molecule has 0 aromatic heterocycles. The van der Waals surface area contributed by atoms with E-state index in [0.29, 0.717) is 6.20 Å². The molecule has 0 heterocycles. The maximum atomic E-state index is 12.4. The minimum Gasteiger partial charge on any atom is -0.372 e. The van der Waals surface area contributed by atoms with E-state index in [2.05, 4.69) is 0 Å². The molecule has 0 radical (unpaired) electrons. The SMILES string of the molecule is CC(C)N(C=C(C(=O)C(F)(F)F)C(=O)C(F)(F)F)C(C)C. The third-order valence-electron chi connectivity index (χ3n) is 2.47. The molecule has 0 amide bonds. The van der Waals surface area contributed by atoms with E-state index in [4.69, 9.17) is 0 Å². The number of Topliss-reactive ketones (excluding diaryl/α,β-unsaturated/α-hetero) is 2. The lowest BCUT2D eigenvalue weighted by Gasteiger charge is -2.30. The number of rotatable bonds is 5. The maximum Gasteiger partial charge on any atom is 0.455 e. The molecule has 0 aliphatic carbocycles. The van der Waals surface area contributed by atoms with Crippen molar-refractivity contribution < 1.29 is 35.9 Å². The molecule has 21 heavy (non-hydrogen) atoms. The zero-order valence-corrected chi connectivity index (χ0v) is 11.8. The molecule has 0 aliphatic heterocycles. The summed E-state index contributed by atoms with van der Waals surface area (Å²) in [7, 11) is 0. The first-order valence-corrected chi connectivity index (χ1v) is 5.91. The second-order valence-electron chi connectivity index (χ2n) is 4.83. The molecule has 0 fully saturated rings. The lowest BCUT2D eigenvalue weighted by Crippen LogP contribution is -2.39. The molecule has 0 saturated heterocycles. The topological polar surface area (TPSA) is 37.4 Å². The van der Waals surface area contributed by atoms with Crippen LogP contribution in [-0.4, -0.2) is 40.9 Å². The Bertz CT molecular complexity index is 398. The average molecular weight is 319 g/mol. The molecule has 3 nitrogen and oxygen atoms in total. The number of nitrogens with zero attached hydrogens (tertiary/aromatic N) is 1. The fourth-order valence-electron chi connectivity index (χ4n) is 1.57. The van der Waals surface area contributed by atoms with E-state index in [0.717, 1.165) is 4.90 Å². The van der Waals surface area contributed by atoms with E-state index in [-0.39, 0.29) is 0 Å². The van der Waals surface area contributed by atoms with E-state index >= 15 is 0 Å². The van der Waals surface area contributed by atoms with Gasteiger partial charge in [-0.1, -0.05) is 0 Å². The van der Waals surface area contributed by atoms with Crippen LogP contribution in [0.5, 0.6) is 0 Å². The number of carbonyl (C=O) groups is 2. The van der Waals surface area contributed by atoms with Crippen LogP contribution >= 0.6 is 0 Å². The Balaban J connectivity index is 5.95. The number of ketones is 2. The first-order valence-electron chi connectivity index (χ1n) is 5.91. The van der Waals surface area contributed by atoms with Gasteiger partial charge in [0.15, 0.2) is 0 Å². The summed E-state index contributed by atoms with van der Waals surface area (Å²) in [5, 5.41) is 0. The van der Waals surface area contributed by atoms with Crippen molar-refractivity contribution in [3.63, 3.8) is 0 Å². The summed E-state index contributed by atoms with van der Waals surface area (Å²) in [5.41, 5.74) is -1.93. The maximum absolute atomic E-state index is 12.4. The Labute approximate surface area is 117 Å². The number of allylic oxidation sites excluding steroid dienone is 1. The fraction of sp³-hybridized carbons (Fsp3) is 0.667. The molecule has 0 aromatic rings. The zero-order chi connectivity index (χ0) is 17.2. The normalized spacial score (nSPS) is 12.6. The van der Waals surface area contributed by atoms with Gasteiger partial charge < -0.3 is 4.90 Å². The molecular formula is C12H15F6NO2. The van der Waals surface area contributed by atoms with Gasteiger partial charge in [-0.25, -0.2) is 0 Å². The van der Waals surface area contributed by atoms with Gasteiger partial charge in [0.25, 0.3) is 11.6 Å². The summed E-state index contributed by atoms with van der Waals surface area (Å²) < 4.78 is 74.2. The number of carbonyl (C=O) groups excluding carboxylic acids is 2. The van der Waals surface area contributed by atoms with Crippen LogP contribution < -0.4 is 0 Å². The minimum absolute atomic E-state index is 0.334. The second-order valence-corrected chi connectivity index (χ2v) is 4.83. The Kier molecular flexibility index (Phi) is 6.01. The van der Waals surface area contributed by atoms with E-state index < -0.39 is 41.6 Å². The Morgan fingerprint density at radius 2 is 1.10 bits per heavy atom. The molecule has 0 saturated carbocycles. The summed E-state index contributed by atoms with van der Waals surface area (Å²) in [6, 6.07) is -0.996. The number of halogens is 6. The third kappa shape index (κ3) is 5.39. The van der Waals surface area contributed by atoms with Crippen molar-refractivity contribution in [2.45, 2.75) is 52.1 Å². The molecule has 0 aliphatic rings. The van der Waals surface area contributed by atoms with Gasteiger partial charge in [-0.2, -0.15) is 26.3 Å². The molecule has 0 bridgehead atoms. The zero-order valence-electron chi connectivity index (χ0n) is 11.8. The summed E-state index contributed by atoms with van der Waals surface area (Å²) in [5.74, 6) is -5.62. The molecule has 0 unspecified atom stereocenters. The quantitative estimate of drug-likeness (QED) is 0.338. The molecule has 0 atom stereocenters. The van der Waals surface area contributed by atoms with E-state index in [9.17, 15) is 35.9 Å². The van der Waals surface area contributed by atoms with Crippen LogP contribution in [0.4, 0.5) is 26.3 Å². The highest BCUT2D eigenvalue weighted by atomic mass is 19.4. The Morgan fingerprint density at radius 1 is 0.810 bits per heavy atom. The van der Waals surface area contributed by atoms with Crippen molar-refractivity contribution >= 4 is 11.6 Å². The van der Waals surface area contributed by atoms with Gasteiger partial charge in [0.2, 0.25) is 0 Å². The van der Waals surface area contributed by atoms with Crippen molar-refractivity contribution in [1.29, 1.82) is 0 Å². The molecule has 0 N–H and O–H groups in total. The van der Waals surface area contributed by atoms with Crippen LogP contribution in [0.2, 0.25) is 0 Å². The predicted octanol–water partition coefficient (Wildman–Crippen LogP) is 3.25. The molecule has 0 spiro atoms. The first kappa shape index (κ1) is 19.5. The van der Waals surface area contributed by atoms with Crippen molar-refractivity contribution in [1.82, 2.24) is 4.90 Å². The van der Waals surface area contributed by atoms with Gasteiger partial charge in [0, 0.05) is 18.3 Å². The highest BCUT2D eigenvalue weighted by Gasteiger charge is 2.50. The molecule has 9 heteroatoms. The number of hydrogen-bond donors (Lipinski definition) is 0. The van der Waals surface area contributed by atoms with Gasteiger partial charge in [0.1, 0.15) is 0 Å².